The molecule has 0 aliphatic carbocycles. The van der Waals surface area contributed by atoms with Crippen LogP contribution in [0, 0.1) is 0 Å². The van der Waals surface area contributed by atoms with Gasteiger partial charge in [0.25, 0.3) is 0 Å². The summed E-state index contributed by atoms with van der Waals surface area (Å²) >= 11 is 0. The molecule has 144 heavy (non-hydrogen) atoms. The van der Waals surface area contributed by atoms with Gasteiger partial charge in [-0.15, -0.1) is 0 Å². The summed E-state index contributed by atoms with van der Waals surface area (Å²) in [7, 11) is 13.0. The number of hydrogen-bond donors (Lipinski definition) is 5. The van der Waals surface area contributed by atoms with Crippen LogP contribution in [0.5, 0.6) is 69.0 Å². The Kier molecular flexibility index (Phi) is 33.9. The van der Waals surface area contributed by atoms with Crippen LogP contribution >= 0.6 is 0 Å². The molecule has 0 atom stereocenters. The van der Waals surface area contributed by atoms with Crippen LogP contribution in [0.3, 0.4) is 0 Å². The van der Waals surface area contributed by atoms with Crippen LogP contribution in [0.15, 0.2) is 297 Å². The highest BCUT2D eigenvalue weighted by Gasteiger charge is 2.24. The molecule has 0 aliphatic heterocycles. The minimum absolute atomic E-state index is 0.0136. The summed E-state index contributed by atoms with van der Waals surface area (Å²) in [6.45, 7) is 4.30. The number of nitrogens with one attached hydrogen (secondary N) is 1. The number of carbonyl (C=O) groups is 5. The van der Waals surface area contributed by atoms with Crippen molar-refractivity contribution >= 4 is 35.5 Å². The Bertz CT molecular complexity index is 7370. The van der Waals surface area contributed by atoms with E-state index in [2.05, 4.69) is 67.1 Å². The maximum atomic E-state index is 11.9. The lowest BCUT2D eigenvalue weighted by atomic mass is 10.1. The summed E-state index contributed by atoms with van der Waals surface area (Å²) < 4.78 is 56.8. The van der Waals surface area contributed by atoms with Gasteiger partial charge < -0.3 is 77.8 Å². The predicted molar refractivity (Wildman–Crippen MR) is 540 cm³/mol. The van der Waals surface area contributed by atoms with Crippen molar-refractivity contribution in [3.05, 3.63) is 320 Å². The number of rotatable bonds is 30. The number of hydrogen-bond acceptors (Lipinski definition) is 32. The van der Waals surface area contributed by atoms with Crippen molar-refractivity contribution in [1.29, 1.82) is 0 Å². The maximum Gasteiger partial charge on any atom is 0.337 e. The molecule has 0 bridgehead atoms. The Morgan fingerprint density at radius 2 is 0.479 bits per heavy atom. The van der Waals surface area contributed by atoms with E-state index in [1.807, 2.05) is 103 Å². The number of phenolic OH excluding ortho intramolecular Hbond substituents is 4. The summed E-state index contributed by atoms with van der Waals surface area (Å²) in [5.41, 5.74) is 9.58. The molecule has 0 saturated heterocycles. The molecule has 13 aromatic carbocycles. The second kappa shape index (κ2) is 48.4. The molecule has 726 valence electrons. The van der Waals surface area contributed by atoms with Crippen molar-refractivity contribution in [1.82, 2.24) is 59.8 Å². The first-order valence-corrected chi connectivity index (χ1v) is 44.8. The number of esters is 4. The van der Waals surface area contributed by atoms with Gasteiger partial charge in [-0.25, -0.2) is 79.0 Å². The van der Waals surface area contributed by atoms with Gasteiger partial charge in [0, 0.05) is 81.4 Å². The number of amides is 1. The number of aromatic nitrogens is 12. The first-order chi connectivity index (χ1) is 69.9. The molecule has 0 saturated carbocycles. The maximum absolute atomic E-state index is 11.9. The molecule has 1 amide bonds. The van der Waals surface area contributed by atoms with Crippen LogP contribution in [0.1, 0.15) is 81.0 Å². The average molecular weight is 1930 g/mol. The first kappa shape index (κ1) is 101. The van der Waals surface area contributed by atoms with E-state index in [0.29, 0.717) is 177 Å². The zero-order valence-electron chi connectivity index (χ0n) is 80.0. The quantitative estimate of drug-likeness (QED) is 0.0159. The Morgan fingerprint density at radius 1 is 0.250 bits per heavy atom. The summed E-state index contributed by atoms with van der Waals surface area (Å²) in [5.74, 6) is 7.18. The lowest BCUT2D eigenvalue weighted by Crippen LogP contribution is -2.05. The summed E-state index contributed by atoms with van der Waals surface area (Å²) in [5, 5.41) is 45.1. The third kappa shape index (κ3) is 25.9. The van der Waals surface area contributed by atoms with E-state index in [-0.39, 0.29) is 40.6 Å². The number of aromatic hydroxyl groups is 4. The Labute approximate surface area is 827 Å². The van der Waals surface area contributed by atoms with Crippen molar-refractivity contribution < 1.29 is 96.5 Å². The number of anilines is 1. The second-order valence-corrected chi connectivity index (χ2v) is 31.4. The number of methoxy groups -OCH3 is 9. The van der Waals surface area contributed by atoms with Crippen molar-refractivity contribution in [2.24, 2.45) is 0 Å². The summed E-state index contributed by atoms with van der Waals surface area (Å²) in [6.07, 6.45) is 4.58. The second-order valence-electron chi connectivity index (χ2n) is 31.4. The summed E-state index contributed by atoms with van der Waals surface area (Å²) in [6, 6.07) is 85.4. The van der Waals surface area contributed by atoms with Gasteiger partial charge in [-0.3, -0.25) is 4.79 Å². The minimum Gasteiger partial charge on any atom is -0.507 e. The van der Waals surface area contributed by atoms with Crippen molar-refractivity contribution in [3.8, 4) is 206 Å². The van der Waals surface area contributed by atoms with E-state index in [9.17, 15) is 44.4 Å². The van der Waals surface area contributed by atoms with Gasteiger partial charge >= 0.3 is 23.9 Å². The lowest BCUT2D eigenvalue weighted by molar-refractivity contribution is -0.114. The highest BCUT2D eigenvalue weighted by molar-refractivity contribution is 5.93. The smallest absolute Gasteiger partial charge is 0.337 e. The number of nitrogens with zero attached hydrogens (tertiary/aromatic N) is 12. The van der Waals surface area contributed by atoms with Crippen LogP contribution < -0.4 is 38.5 Å². The summed E-state index contributed by atoms with van der Waals surface area (Å²) in [4.78, 5) is 114. The molecule has 17 rings (SSSR count). The van der Waals surface area contributed by atoms with Gasteiger partial charge in [0.15, 0.2) is 69.9 Å². The highest BCUT2D eigenvalue weighted by atomic mass is 16.5. The molecule has 5 N–H and O–H groups in total. The number of unbranched alkanes of at least 4 members (excludes halogenated alkanes) is 3. The zero-order chi connectivity index (χ0) is 102. The molecule has 0 fully saturated rings. The Hall–Kier alpha value is -18.9. The standard InChI is InChI=1S/C30H23N3O5.C30H31N3O5.C26H22N4O5.C25H21N3O5/c1-36-24-16-17-25(26(34)18-24)29-32-27(19-8-10-21(11-9-19)30(35)37-2)31-28(33-29)20-12-14-23(15-13-20)38-22-6-4-3-5-7-22;1-4-5-6-7-18-38-23-14-12-21(13-15-23)28-31-27(20-8-10-22(11-9-20)30(35)37-3)32-29(33-28)25-17-16-24(36-2)19-26(25)34;1-15(31)27-19-10-8-17(9-11-19)24-28-23(16-4-6-18(7-5-16)26(33)35-3)29-25(30-24)21-13-12-20(34-2)14-22(21)32;1-31-18-10-8-16(9-11-18)23-26-22(15-4-6-17(7-5-15)25(30)33-3)27-24(28-23)20-13-12-19(32-2)14-21(20)29/h3-18,34H,1-2H3;8-17,19,34H,4-7,18H2,1-3H3;4-14,32H,1-3H3,(H,27,31);4-14,29H,1-3H3. The molecule has 0 spiro atoms. The zero-order valence-corrected chi connectivity index (χ0v) is 80.0. The molecule has 33 nitrogen and oxygen atoms in total. The molecule has 0 unspecified atom stereocenters. The van der Waals surface area contributed by atoms with E-state index < -0.39 is 23.9 Å². The molecule has 33 heteroatoms. The monoisotopic (exact) mass is 1930 g/mol. The van der Waals surface area contributed by atoms with Crippen LogP contribution in [-0.4, -0.2) is 181 Å². The van der Waals surface area contributed by atoms with E-state index in [1.165, 1.54) is 101 Å². The SMILES string of the molecule is CCCCCCOc1ccc(-c2nc(-c3ccc(C(=O)OC)cc3)nc(-c3ccc(OC)cc3O)n2)cc1.COC(=O)c1ccc(-c2nc(-c3ccc(NC(C)=O)cc3)nc(-c3ccc(OC)cc3O)n2)cc1.COC(=O)c1ccc(-c2nc(-c3ccc(OC)cc3)nc(-c3ccc(OC)cc3O)n2)cc1.COC(=O)c1ccc(-c2nc(-c3ccc(Oc4ccccc4)cc3)nc(-c3ccc(OC)cc3O)n2)cc1. The number of benzene rings is 13. The van der Waals surface area contributed by atoms with Crippen molar-refractivity contribution in [2.75, 3.05) is 75.9 Å². The number of ether oxygens (including phenoxy) is 11. The largest absolute Gasteiger partial charge is 0.507 e. The lowest BCUT2D eigenvalue weighted by Gasteiger charge is -2.11. The fourth-order valence-corrected chi connectivity index (χ4v) is 14.2. The van der Waals surface area contributed by atoms with Crippen LogP contribution in [0.25, 0.3) is 137 Å². The van der Waals surface area contributed by atoms with Crippen LogP contribution in [0.2, 0.25) is 0 Å². The van der Waals surface area contributed by atoms with Crippen molar-refractivity contribution in [3.63, 3.8) is 0 Å². The van der Waals surface area contributed by atoms with Gasteiger partial charge in [-0.1, -0.05) is 92.9 Å². The van der Waals surface area contributed by atoms with E-state index in [4.69, 9.17) is 57.1 Å². The molecule has 0 aliphatic rings. The topological polar surface area (TPSA) is 435 Å². The third-order valence-corrected chi connectivity index (χ3v) is 21.9. The van der Waals surface area contributed by atoms with Crippen LogP contribution in [0.4, 0.5) is 5.69 Å². The minimum atomic E-state index is -0.448. The first-order valence-electron chi connectivity index (χ1n) is 44.8. The molecule has 0 radical (unpaired) electrons. The van der Waals surface area contributed by atoms with E-state index in [1.54, 1.807) is 177 Å². The molecule has 4 heterocycles. The van der Waals surface area contributed by atoms with Crippen LogP contribution in [-0.2, 0) is 23.7 Å². The van der Waals surface area contributed by atoms with Gasteiger partial charge in [0.1, 0.15) is 69.0 Å². The van der Waals surface area contributed by atoms with Crippen molar-refractivity contribution in [2.45, 2.75) is 39.5 Å². The third-order valence-electron chi connectivity index (χ3n) is 21.9. The number of carbonyl (C=O) groups excluding carboxylic acids is 5. The molecule has 4 aromatic heterocycles. The van der Waals surface area contributed by atoms with Gasteiger partial charge in [0.2, 0.25) is 5.91 Å². The average Bonchev–Trinajstić information content (AvgIpc) is 0.800. The number of phenols is 4. The fraction of sp³-hybridized carbons (Fsp3) is 0.144. The Balaban J connectivity index is 0.000000152. The Morgan fingerprint density at radius 3 is 0.722 bits per heavy atom. The fourth-order valence-electron chi connectivity index (χ4n) is 14.2. The normalized spacial score (nSPS) is 10.6. The highest BCUT2D eigenvalue weighted by Crippen LogP contribution is 2.40. The van der Waals surface area contributed by atoms with Gasteiger partial charge in [-0.2, -0.15) is 0 Å². The molecular weight excluding hydrogens is 1840 g/mol. The predicted octanol–water partition coefficient (Wildman–Crippen LogP) is 21.2. The molecule has 17 aromatic rings. The van der Waals surface area contributed by atoms with E-state index >= 15 is 0 Å². The van der Waals surface area contributed by atoms with Gasteiger partial charge in [0.05, 0.1) is 115 Å². The van der Waals surface area contributed by atoms with E-state index in [0.717, 1.165) is 41.0 Å². The number of para-hydroxylation sites is 1. The van der Waals surface area contributed by atoms with Gasteiger partial charge in [-0.05, 0) is 213 Å². The molecular formula is C111H97N13O20.